The van der Waals surface area contributed by atoms with Crippen molar-refractivity contribution in [3.05, 3.63) is 69.3 Å². The molecule has 0 saturated heterocycles. The number of hydrogen-bond acceptors (Lipinski definition) is 5. The van der Waals surface area contributed by atoms with Crippen molar-refractivity contribution in [1.82, 2.24) is 0 Å². The van der Waals surface area contributed by atoms with E-state index in [9.17, 15) is 15.2 Å². The molecular formula is C17H16ClNO5. The van der Waals surface area contributed by atoms with Crippen LogP contribution in [0, 0.1) is 17.0 Å². The Kier molecular flexibility index (Phi) is 4.11. The Bertz CT molecular complexity index is 796. The van der Waals surface area contributed by atoms with Crippen LogP contribution in [-0.2, 0) is 0 Å². The van der Waals surface area contributed by atoms with Crippen LogP contribution in [0.3, 0.4) is 0 Å². The predicted octanol–water partition coefficient (Wildman–Crippen LogP) is 3.38. The molecule has 7 heteroatoms. The highest BCUT2D eigenvalue weighted by Crippen LogP contribution is 2.51. The molecule has 1 heterocycles. The predicted molar refractivity (Wildman–Crippen MR) is 88.1 cm³/mol. The van der Waals surface area contributed by atoms with E-state index in [-0.39, 0.29) is 0 Å². The monoisotopic (exact) mass is 349 g/mol. The van der Waals surface area contributed by atoms with Crippen molar-refractivity contribution < 1.29 is 19.5 Å². The number of fused-ring (bicyclic) bond motifs is 1. The Balaban J connectivity index is 2.15. The molecule has 0 fully saturated rings. The molecule has 2 aromatic rings. The zero-order valence-corrected chi connectivity index (χ0v) is 13.9. The second kappa shape index (κ2) is 5.96. The minimum absolute atomic E-state index is 0.297. The normalized spacial score (nSPS) is 25.5. The number of benzene rings is 2. The van der Waals surface area contributed by atoms with Gasteiger partial charge in [0.2, 0.25) is 6.10 Å². The number of rotatable bonds is 3. The highest BCUT2D eigenvalue weighted by atomic mass is 35.5. The number of para-hydroxylation sites is 1. The lowest BCUT2D eigenvalue weighted by atomic mass is 9.89. The quantitative estimate of drug-likeness (QED) is 0.397. The van der Waals surface area contributed by atoms with Crippen molar-refractivity contribution in [2.45, 2.75) is 24.1 Å². The highest BCUT2D eigenvalue weighted by Gasteiger charge is 2.61. The summed E-state index contributed by atoms with van der Waals surface area (Å²) >= 11 is 6.31. The second-order valence-electron chi connectivity index (χ2n) is 5.65. The van der Waals surface area contributed by atoms with Crippen LogP contribution in [0.1, 0.15) is 28.9 Å². The molecule has 0 spiro atoms. The first-order valence-electron chi connectivity index (χ1n) is 7.31. The third-order valence-electron chi connectivity index (χ3n) is 4.21. The Morgan fingerprint density at radius 2 is 2.04 bits per heavy atom. The number of hydrogen-bond donors (Lipinski definition) is 1. The summed E-state index contributed by atoms with van der Waals surface area (Å²) in [5.74, 6) is 1.03. The number of nitrogens with zero attached hydrogens (tertiary/aromatic N) is 1. The van der Waals surface area contributed by atoms with Gasteiger partial charge in [0.1, 0.15) is 11.5 Å². The van der Waals surface area contributed by atoms with E-state index in [1.807, 2.05) is 6.92 Å². The first kappa shape index (κ1) is 16.5. The molecule has 0 aliphatic carbocycles. The standard InChI is InChI=1S/C17H16ClNO5/c1-10-9-11(7-8-13(10)23-2)16-17(18,19(21)22)15(20)12-5-3-4-6-14(12)24-16/h3-9,15-16,20H,1-2H3/t15-,16-,17+/m0/s1. The van der Waals surface area contributed by atoms with E-state index in [2.05, 4.69) is 0 Å². The van der Waals surface area contributed by atoms with Gasteiger partial charge in [-0.05, 0) is 42.3 Å². The SMILES string of the molecule is COc1ccc([C@@H]2Oc3ccccc3[C@H](O)[C@@]2(Cl)[N+](=O)[O-])cc1C. The molecule has 1 aliphatic heterocycles. The molecule has 0 unspecified atom stereocenters. The van der Waals surface area contributed by atoms with Crippen molar-refractivity contribution in [2.24, 2.45) is 0 Å². The Labute approximate surface area is 143 Å². The molecule has 3 rings (SSSR count). The number of aliphatic hydroxyl groups is 1. The summed E-state index contributed by atoms with van der Waals surface area (Å²) in [5.41, 5.74) is 1.58. The van der Waals surface area contributed by atoms with Gasteiger partial charge in [-0.15, -0.1) is 0 Å². The maximum atomic E-state index is 11.7. The van der Waals surface area contributed by atoms with Gasteiger partial charge < -0.3 is 14.6 Å². The molecule has 0 aromatic heterocycles. The molecule has 0 bridgehead atoms. The van der Waals surface area contributed by atoms with Crippen LogP contribution < -0.4 is 9.47 Å². The summed E-state index contributed by atoms with van der Waals surface area (Å²) in [5, 5.41) is 22.3. The van der Waals surface area contributed by atoms with E-state index >= 15 is 0 Å². The van der Waals surface area contributed by atoms with Gasteiger partial charge in [0.25, 0.3) is 0 Å². The molecule has 0 saturated carbocycles. The van der Waals surface area contributed by atoms with Gasteiger partial charge in [-0.1, -0.05) is 24.3 Å². The first-order valence-corrected chi connectivity index (χ1v) is 7.69. The maximum absolute atomic E-state index is 11.7. The zero-order valence-electron chi connectivity index (χ0n) is 13.1. The fourth-order valence-electron chi connectivity index (χ4n) is 2.95. The number of halogens is 1. The number of nitro groups is 1. The van der Waals surface area contributed by atoms with Gasteiger partial charge in [0.05, 0.1) is 12.0 Å². The van der Waals surface area contributed by atoms with Crippen molar-refractivity contribution in [2.75, 3.05) is 7.11 Å². The van der Waals surface area contributed by atoms with Gasteiger partial charge in [-0.25, -0.2) is 0 Å². The number of aryl methyl sites for hydroxylation is 1. The smallest absolute Gasteiger partial charge is 0.364 e. The van der Waals surface area contributed by atoms with Crippen LogP contribution in [0.2, 0.25) is 0 Å². The van der Waals surface area contributed by atoms with Crippen molar-refractivity contribution in [1.29, 1.82) is 0 Å². The lowest BCUT2D eigenvalue weighted by Gasteiger charge is -2.37. The van der Waals surface area contributed by atoms with Crippen LogP contribution >= 0.6 is 11.6 Å². The minimum Gasteiger partial charge on any atom is -0.496 e. The zero-order chi connectivity index (χ0) is 17.5. The van der Waals surface area contributed by atoms with E-state index in [0.29, 0.717) is 22.6 Å². The Hall–Kier alpha value is -2.31. The summed E-state index contributed by atoms with van der Waals surface area (Å²) in [7, 11) is 1.54. The summed E-state index contributed by atoms with van der Waals surface area (Å²) in [6, 6.07) is 11.7. The molecular weight excluding hydrogens is 334 g/mol. The maximum Gasteiger partial charge on any atom is 0.364 e. The fourth-order valence-corrected chi connectivity index (χ4v) is 3.24. The number of methoxy groups -OCH3 is 1. The molecule has 6 nitrogen and oxygen atoms in total. The number of ether oxygens (including phenoxy) is 2. The minimum atomic E-state index is -2.23. The van der Waals surface area contributed by atoms with Gasteiger partial charge >= 0.3 is 5.00 Å². The Morgan fingerprint density at radius 1 is 1.33 bits per heavy atom. The van der Waals surface area contributed by atoms with Crippen LogP contribution in [0.5, 0.6) is 11.5 Å². The topological polar surface area (TPSA) is 81.8 Å². The molecule has 24 heavy (non-hydrogen) atoms. The summed E-state index contributed by atoms with van der Waals surface area (Å²) in [6.07, 6.45) is -2.66. The van der Waals surface area contributed by atoms with Gasteiger partial charge in [0.15, 0.2) is 6.10 Å². The van der Waals surface area contributed by atoms with E-state index in [4.69, 9.17) is 21.1 Å². The van der Waals surface area contributed by atoms with Crippen molar-refractivity contribution >= 4 is 11.6 Å². The lowest BCUT2D eigenvalue weighted by Crippen LogP contribution is -2.49. The van der Waals surface area contributed by atoms with E-state index in [1.165, 1.54) is 0 Å². The highest BCUT2D eigenvalue weighted by molar-refractivity contribution is 6.23. The molecule has 0 radical (unpaired) electrons. The third-order valence-corrected chi connectivity index (χ3v) is 4.75. The Morgan fingerprint density at radius 3 is 2.67 bits per heavy atom. The molecule has 2 aromatic carbocycles. The third kappa shape index (κ3) is 2.39. The molecule has 0 amide bonds. The molecule has 3 atom stereocenters. The van der Waals surface area contributed by atoms with E-state index < -0.39 is 22.1 Å². The molecule has 1 aliphatic rings. The first-order chi connectivity index (χ1) is 11.4. The van der Waals surface area contributed by atoms with Gasteiger partial charge in [-0.3, -0.25) is 10.1 Å². The van der Waals surface area contributed by atoms with Crippen LogP contribution in [0.25, 0.3) is 0 Å². The lowest BCUT2D eigenvalue weighted by molar-refractivity contribution is -0.570. The average Bonchev–Trinajstić information content (AvgIpc) is 2.57. The molecule has 126 valence electrons. The van der Waals surface area contributed by atoms with Gasteiger partial charge in [-0.2, -0.15) is 0 Å². The van der Waals surface area contributed by atoms with E-state index in [0.717, 1.165) is 5.56 Å². The van der Waals surface area contributed by atoms with Crippen LogP contribution in [0.15, 0.2) is 42.5 Å². The van der Waals surface area contributed by atoms with Crippen LogP contribution in [-0.4, -0.2) is 22.1 Å². The second-order valence-corrected chi connectivity index (χ2v) is 6.26. The summed E-state index contributed by atoms with van der Waals surface area (Å²) in [4.78, 5) is 8.78. The number of alkyl halides is 1. The molecule has 1 N–H and O–H groups in total. The van der Waals surface area contributed by atoms with Crippen LogP contribution in [0.4, 0.5) is 0 Å². The summed E-state index contributed by atoms with van der Waals surface area (Å²) < 4.78 is 11.0. The number of aliphatic hydroxyl groups excluding tert-OH is 1. The fraction of sp³-hybridized carbons (Fsp3) is 0.294. The van der Waals surface area contributed by atoms with E-state index in [1.54, 1.807) is 49.6 Å². The van der Waals surface area contributed by atoms with Crippen molar-refractivity contribution in [3.8, 4) is 11.5 Å². The van der Waals surface area contributed by atoms with Gasteiger partial charge in [0, 0.05) is 11.1 Å². The van der Waals surface area contributed by atoms with Crippen molar-refractivity contribution in [3.63, 3.8) is 0 Å². The largest absolute Gasteiger partial charge is 0.496 e. The average molecular weight is 350 g/mol. The summed E-state index contributed by atoms with van der Waals surface area (Å²) in [6.45, 7) is 1.82.